The van der Waals surface area contributed by atoms with Crippen LogP contribution in [-0.4, -0.2) is 9.55 Å². The molecule has 7 rings (SSSR count). The van der Waals surface area contributed by atoms with Gasteiger partial charge in [-0.15, -0.1) is 0 Å². The summed E-state index contributed by atoms with van der Waals surface area (Å²) in [5.41, 5.74) is 0.0753. The number of aryl methyl sites for hydroxylation is 1. The molecule has 0 N–H and O–H groups in total. The minimum Gasteiger partial charge on any atom is -0.296 e. The minimum absolute atomic E-state index is 0.0831. The Balaban J connectivity index is 1.67. The van der Waals surface area contributed by atoms with Gasteiger partial charge >= 0.3 is 0 Å². The lowest BCUT2D eigenvalue weighted by Gasteiger charge is -2.18. The molecular formula is C35H26N2. The summed E-state index contributed by atoms with van der Waals surface area (Å²) in [6.45, 7) is -3.11. The highest BCUT2D eigenvalue weighted by atomic mass is 15.1. The first-order valence-electron chi connectivity index (χ1n) is 20.3. The molecule has 0 radical (unpaired) electrons. The molecule has 0 atom stereocenters. The van der Waals surface area contributed by atoms with Gasteiger partial charge in [-0.1, -0.05) is 110 Å². The van der Waals surface area contributed by atoms with Crippen LogP contribution in [0.3, 0.4) is 0 Å². The Morgan fingerprint density at radius 2 is 1.24 bits per heavy atom. The lowest BCUT2D eigenvalue weighted by molar-refractivity contribution is 0.908. The highest BCUT2D eigenvalue weighted by molar-refractivity contribution is 6.21. The lowest BCUT2D eigenvalue weighted by Crippen LogP contribution is -2.00. The summed E-state index contributed by atoms with van der Waals surface area (Å²) in [5, 5.41) is -1.22. The van der Waals surface area contributed by atoms with Crippen molar-refractivity contribution < 1.29 is 24.7 Å². The first-order chi connectivity index (χ1) is 25.6. The Kier molecular flexibility index (Phi) is 2.36. The first-order valence-corrected chi connectivity index (χ1v) is 11.3. The fourth-order valence-corrected chi connectivity index (χ4v) is 4.69. The number of imidazole rings is 1. The van der Waals surface area contributed by atoms with E-state index in [1.165, 1.54) is 28.8 Å². The van der Waals surface area contributed by atoms with Crippen LogP contribution in [0.1, 0.15) is 37.3 Å². The predicted octanol–water partition coefficient (Wildman–Crippen LogP) is 9.23. The molecule has 0 aliphatic heterocycles. The van der Waals surface area contributed by atoms with Crippen molar-refractivity contribution in [2.24, 2.45) is 0 Å². The van der Waals surface area contributed by atoms with Crippen molar-refractivity contribution in [3.05, 3.63) is 133 Å². The Morgan fingerprint density at radius 3 is 1.86 bits per heavy atom. The van der Waals surface area contributed by atoms with Crippen LogP contribution in [-0.2, 0) is 6.37 Å². The molecule has 0 saturated carbocycles. The fourth-order valence-electron chi connectivity index (χ4n) is 4.69. The molecule has 1 heterocycles. The molecule has 0 aliphatic rings. The van der Waals surface area contributed by atoms with Crippen molar-refractivity contribution in [3.8, 4) is 27.9 Å². The molecule has 0 aliphatic carbocycles. The van der Waals surface area contributed by atoms with Gasteiger partial charge in [-0.25, -0.2) is 4.98 Å². The largest absolute Gasteiger partial charge is 0.296 e. The molecule has 37 heavy (non-hydrogen) atoms. The molecule has 0 fully saturated rings. The van der Waals surface area contributed by atoms with Gasteiger partial charge in [0.2, 0.25) is 0 Å². The second kappa shape index (κ2) is 8.76. The van der Waals surface area contributed by atoms with Crippen LogP contribution in [0.15, 0.2) is 127 Å². The molecule has 0 spiro atoms. The third kappa shape index (κ3) is 3.45. The number of benzene rings is 6. The molecule has 6 aromatic carbocycles. The molecule has 7 aromatic rings. The SMILES string of the molecule is [2H]c1c([2H])c([2H])c(-c2c3c([2H])c([2H])c([2H])c([2H])c3c(-c3ccc(-n4c(C([2H])([2H])C([2H])([2H])[2H])nc5ccccc54)cc3)c3c([2H])c([2H])c([2H])c([2H])c23)c([2H])c1[2H]. The number of nitrogens with zero attached hydrogens (tertiary/aromatic N) is 2. The van der Waals surface area contributed by atoms with Crippen LogP contribution in [0.2, 0.25) is 0 Å². The second-order valence-electron chi connectivity index (χ2n) is 8.18. The summed E-state index contributed by atoms with van der Waals surface area (Å²) in [6.07, 6.45) is -2.91. The average Bonchev–Trinajstić information content (AvgIpc) is 3.55. The third-order valence-electron chi connectivity index (χ3n) is 6.21. The zero-order valence-corrected chi connectivity index (χ0v) is 19.0. The summed E-state index contributed by atoms with van der Waals surface area (Å²) in [6, 6.07) is 3.07. The maximum Gasteiger partial charge on any atom is 0.114 e. The van der Waals surface area contributed by atoms with Gasteiger partial charge in [0.1, 0.15) is 5.82 Å². The minimum atomic E-state index is -3.11. The van der Waals surface area contributed by atoms with Crippen molar-refractivity contribution >= 4 is 32.6 Å². The monoisotopic (exact) mass is 492 g/mol. The van der Waals surface area contributed by atoms with E-state index in [-0.39, 0.29) is 38.4 Å². The first kappa shape index (κ1) is 9.99. The highest BCUT2D eigenvalue weighted by Crippen LogP contribution is 2.43. The molecule has 0 bridgehead atoms. The van der Waals surface area contributed by atoms with Crippen molar-refractivity contribution in [2.45, 2.75) is 13.2 Å². The number of hydrogen-bond donors (Lipinski definition) is 0. The topological polar surface area (TPSA) is 17.8 Å². The van der Waals surface area contributed by atoms with Crippen LogP contribution in [0, 0.1) is 0 Å². The molecule has 176 valence electrons. The van der Waals surface area contributed by atoms with Crippen LogP contribution in [0.5, 0.6) is 0 Å². The van der Waals surface area contributed by atoms with Gasteiger partial charge in [0.25, 0.3) is 0 Å². The van der Waals surface area contributed by atoms with E-state index >= 15 is 0 Å². The Morgan fingerprint density at radius 1 is 0.676 bits per heavy atom. The smallest absolute Gasteiger partial charge is 0.114 e. The van der Waals surface area contributed by atoms with Crippen molar-refractivity contribution in [3.63, 3.8) is 0 Å². The number of aromatic nitrogens is 2. The maximum atomic E-state index is 9.11. The zero-order valence-electron chi connectivity index (χ0n) is 37.0. The number of hydrogen-bond acceptors (Lipinski definition) is 1. The van der Waals surface area contributed by atoms with E-state index in [9.17, 15) is 0 Å². The number of rotatable bonds is 4. The van der Waals surface area contributed by atoms with E-state index in [2.05, 4.69) is 4.98 Å². The number of para-hydroxylation sites is 2. The average molecular weight is 493 g/mol. The molecule has 0 unspecified atom stereocenters. The summed E-state index contributed by atoms with van der Waals surface area (Å²) in [7, 11) is 0. The quantitative estimate of drug-likeness (QED) is 0.224. The van der Waals surface area contributed by atoms with Gasteiger partial charge in [0, 0.05) is 18.9 Å². The molecule has 1 aromatic heterocycles. The lowest BCUT2D eigenvalue weighted by atomic mass is 9.86. The summed E-state index contributed by atoms with van der Waals surface area (Å²) < 4.78 is 155. The summed E-state index contributed by atoms with van der Waals surface area (Å²) >= 11 is 0. The summed E-state index contributed by atoms with van der Waals surface area (Å²) in [4.78, 5) is 4.33. The highest BCUT2D eigenvalue weighted by Gasteiger charge is 2.17. The normalized spacial score (nSPS) is 19.1. The van der Waals surface area contributed by atoms with E-state index in [1.54, 1.807) is 24.3 Å². The van der Waals surface area contributed by atoms with Crippen molar-refractivity contribution in [1.29, 1.82) is 0 Å². The van der Waals surface area contributed by atoms with E-state index < -0.39 is 109 Å². The summed E-state index contributed by atoms with van der Waals surface area (Å²) in [5.74, 6) is -0.413. The Labute approximate surface area is 241 Å². The van der Waals surface area contributed by atoms with E-state index in [1.807, 2.05) is 0 Å². The molecule has 2 heteroatoms. The van der Waals surface area contributed by atoms with Crippen LogP contribution in [0.4, 0.5) is 0 Å². The van der Waals surface area contributed by atoms with Gasteiger partial charge in [-0.3, -0.25) is 4.57 Å². The Bertz CT molecular complexity index is 2690. The van der Waals surface area contributed by atoms with Gasteiger partial charge < -0.3 is 0 Å². The van der Waals surface area contributed by atoms with Crippen LogP contribution < -0.4 is 0 Å². The third-order valence-corrected chi connectivity index (χ3v) is 6.21. The molecule has 2 nitrogen and oxygen atoms in total. The number of fused-ring (bicyclic) bond motifs is 3. The predicted molar refractivity (Wildman–Crippen MR) is 156 cm³/mol. The van der Waals surface area contributed by atoms with E-state index in [4.69, 9.17) is 24.7 Å². The van der Waals surface area contributed by atoms with E-state index in [0.29, 0.717) is 11.0 Å². The van der Waals surface area contributed by atoms with Gasteiger partial charge in [0.15, 0.2) is 0 Å². The van der Waals surface area contributed by atoms with Crippen LogP contribution in [0.25, 0.3) is 60.5 Å². The van der Waals surface area contributed by atoms with Gasteiger partial charge in [-0.2, -0.15) is 0 Å². The van der Waals surface area contributed by atoms with Gasteiger partial charge in [-0.05, 0) is 68.1 Å². The standard InChI is InChI=1S/C35H26N2/c1-2-33-36-31-18-10-11-19-32(31)37(33)26-22-20-25(21-23-26)35-29-16-8-6-14-27(29)34(24-12-4-3-5-13-24)28-15-7-9-17-30(28)35/h3-23H,2H2,1H3/i1D3,2D2,3D,4D,5D,6D,7D,8D,9D,12D,13D,14D,15D,16D,17D. The zero-order chi connectivity index (χ0) is 40.4. The van der Waals surface area contributed by atoms with Crippen LogP contribution >= 0.6 is 0 Å². The molecule has 0 amide bonds. The second-order valence-corrected chi connectivity index (χ2v) is 8.18. The maximum absolute atomic E-state index is 9.11. The Hall–Kier alpha value is -4.69. The fraction of sp³-hybridized carbons (Fsp3) is 0.0571. The van der Waals surface area contributed by atoms with Crippen molar-refractivity contribution in [2.75, 3.05) is 0 Å². The molecule has 0 saturated heterocycles. The van der Waals surface area contributed by atoms with E-state index in [0.717, 1.165) is 0 Å². The molecular weight excluding hydrogens is 448 g/mol. The van der Waals surface area contributed by atoms with Gasteiger partial charge in [0.05, 0.1) is 28.9 Å². The van der Waals surface area contributed by atoms with Crippen molar-refractivity contribution in [1.82, 2.24) is 9.55 Å².